The lowest BCUT2D eigenvalue weighted by atomic mass is 9.80. The SMILES string of the molecule is CN(CC[C@H]1CC[C@H](CN2CCCCC2)CC1)c1ncc(Br)cn1. The molecule has 1 aromatic rings. The highest BCUT2D eigenvalue weighted by Gasteiger charge is 2.23. The number of rotatable bonds is 6. The van der Waals surface area contributed by atoms with Gasteiger partial charge in [-0.2, -0.15) is 0 Å². The molecule has 2 fully saturated rings. The summed E-state index contributed by atoms with van der Waals surface area (Å²) in [6, 6.07) is 0. The maximum absolute atomic E-state index is 4.38. The first-order valence-electron chi connectivity index (χ1n) is 9.62. The van der Waals surface area contributed by atoms with Crippen LogP contribution in [0.25, 0.3) is 0 Å². The van der Waals surface area contributed by atoms with Crippen molar-refractivity contribution < 1.29 is 0 Å². The Bertz CT molecular complexity index is 479. The Morgan fingerprint density at radius 2 is 1.67 bits per heavy atom. The smallest absolute Gasteiger partial charge is 0.225 e. The van der Waals surface area contributed by atoms with Gasteiger partial charge >= 0.3 is 0 Å². The molecule has 0 spiro atoms. The lowest BCUT2D eigenvalue weighted by molar-refractivity contribution is 0.157. The molecule has 3 rings (SSSR count). The quantitative estimate of drug-likeness (QED) is 0.717. The molecule has 0 bridgehead atoms. The molecule has 1 aliphatic heterocycles. The van der Waals surface area contributed by atoms with Crippen LogP contribution in [-0.4, -0.2) is 48.1 Å². The van der Waals surface area contributed by atoms with Gasteiger partial charge in [0.2, 0.25) is 5.95 Å². The third-order valence-electron chi connectivity index (χ3n) is 5.75. The van der Waals surface area contributed by atoms with Crippen LogP contribution in [0.2, 0.25) is 0 Å². The number of piperidine rings is 1. The van der Waals surface area contributed by atoms with E-state index >= 15 is 0 Å². The zero-order valence-corrected chi connectivity index (χ0v) is 16.5. The van der Waals surface area contributed by atoms with Gasteiger partial charge in [0.05, 0.1) is 4.47 Å². The van der Waals surface area contributed by atoms with Gasteiger partial charge < -0.3 is 9.80 Å². The van der Waals surface area contributed by atoms with Crippen LogP contribution < -0.4 is 4.90 Å². The van der Waals surface area contributed by atoms with Crippen molar-refractivity contribution in [2.45, 2.75) is 51.4 Å². The molecule has 0 unspecified atom stereocenters. The van der Waals surface area contributed by atoms with E-state index in [2.05, 4.69) is 42.7 Å². The van der Waals surface area contributed by atoms with E-state index in [1.54, 1.807) is 0 Å². The topological polar surface area (TPSA) is 32.3 Å². The zero-order valence-electron chi connectivity index (χ0n) is 15.0. The summed E-state index contributed by atoms with van der Waals surface area (Å²) in [6.45, 7) is 5.11. The lowest BCUT2D eigenvalue weighted by Gasteiger charge is -2.34. The van der Waals surface area contributed by atoms with Crippen molar-refractivity contribution in [3.8, 4) is 0 Å². The molecule has 1 aromatic heterocycles. The maximum Gasteiger partial charge on any atom is 0.225 e. The second-order valence-electron chi connectivity index (χ2n) is 7.66. The zero-order chi connectivity index (χ0) is 16.8. The highest BCUT2D eigenvalue weighted by Crippen LogP contribution is 2.32. The molecule has 1 saturated heterocycles. The molecule has 1 aliphatic carbocycles. The van der Waals surface area contributed by atoms with Crippen molar-refractivity contribution in [3.63, 3.8) is 0 Å². The van der Waals surface area contributed by atoms with E-state index in [0.717, 1.165) is 28.8 Å². The molecule has 4 nitrogen and oxygen atoms in total. The maximum atomic E-state index is 4.38. The summed E-state index contributed by atoms with van der Waals surface area (Å²) in [5.41, 5.74) is 0. The number of likely N-dealkylation sites (tertiary alicyclic amines) is 1. The molecule has 24 heavy (non-hydrogen) atoms. The van der Waals surface area contributed by atoms with E-state index in [9.17, 15) is 0 Å². The highest BCUT2D eigenvalue weighted by atomic mass is 79.9. The van der Waals surface area contributed by atoms with Gasteiger partial charge in [-0.1, -0.05) is 19.3 Å². The van der Waals surface area contributed by atoms with Gasteiger partial charge in [0, 0.05) is 32.5 Å². The fourth-order valence-electron chi connectivity index (χ4n) is 4.19. The Morgan fingerprint density at radius 1 is 1.04 bits per heavy atom. The number of anilines is 1. The van der Waals surface area contributed by atoms with E-state index in [0.29, 0.717) is 0 Å². The van der Waals surface area contributed by atoms with E-state index in [-0.39, 0.29) is 0 Å². The Kier molecular flexibility index (Phi) is 6.90. The second-order valence-corrected chi connectivity index (χ2v) is 8.58. The highest BCUT2D eigenvalue weighted by molar-refractivity contribution is 9.10. The molecule has 1 saturated carbocycles. The van der Waals surface area contributed by atoms with Crippen LogP contribution in [0, 0.1) is 11.8 Å². The predicted octanol–water partition coefficient (Wildman–Crippen LogP) is 4.36. The largest absolute Gasteiger partial charge is 0.344 e. The Morgan fingerprint density at radius 3 is 2.33 bits per heavy atom. The van der Waals surface area contributed by atoms with Crippen LogP contribution in [0.15, 0.2) is 16.9 Å². The summed E-state index contributed by atoms with van der Waals surface area (Å²) in [7, 11) is 2.10. The monoisotopic (exact) mass is 394 g/mol. The molecule has 134 valence electrons. The van der Waals surface area contributed by atoms with Crippen LogP contribution in [-0.2, 0) is 0 Å². The molecule has 2 aliphatic rings. The van der Waals surface area contributed by atoms with Crippen LogP contribution in [0.5, 0.6) is 0 Å². The van der Waals surface area contributed by atoms with E-state index in [4.69, 9.17) is 0 Å². The second kappa shape index (κ2) is 9.14. The molecular formula is C19H31BrN4. The van der Waals surface area contributed by atoms with Crippen molar-refractivity contribution in [1.29, 1.82) is 0 Å². The first-order chi connectivity index (χ1) is 11.7. The van der Waals surface area contributed by atoms with Gasteiger partial charge in [0.15, 0.2) is 0 Å². The number of hydrogen-bond acceptors (Lipinski definition) is 4. The summed E-state index contributed by atoms with van der Waals surface area (Å²) in [5.74, 6) is 2.67. The molecular weight excluding hydrogens is 364 g/mol. The van der Waals surface area contributed by atoms with Gasteiger partial charge in [-0.3, -0.25) is 0 Å². The van der Waals surface area contributed by atoms with Gasteiger partial charge in [0.1, 0.15) is 0 Å². The average Bonchev–Trinajstić information content (AvgIpc) is 2.62. The molecule has 0 aromatic carbocycles. The number of nitrogens with zero attached hydrogens (tertiary/aromatic N) is 4. The van der Waals surface area contributed by atoms with Crippen LogP contribution in [0.1, 0.15) is 51.4 Å². The fourth-order valence-corrected chi connectivity index (χ4v) is 4.39. The minimum atomic E-state index is 0.831. The number of hydrogen-bond donors (Lipinski definition) is 0. The van der Waals surface area contributed by atoms with Crippen molar-refractivity contribution in [1.82, 2.24) is 14.9 Å². The Balaban J connectivity index is 1.35. The van der Waals surface area contributed by atoms with Crippen molar-refractivity contribution in [3.05, 3.63) is 16.9 Å². The summed E-state index contributed by atoms with van der Waals surface area (Å²) in [6.07, 6.45) is 14.9. The van der Waals surface area contributed by atoms with Crippen LogP contribution >= 0.6 is 15.9 Å². The number of halogens is 1. The fraction of sp³-hybridized carbons (Fsp3) is 0.789. The summed E-state index contributed by atoms with van der Waals surface area (Å²) in [5, 5.41) is 0. The van der Waals surface area contributed by atoms with E-state index in [1.165, 1.54) is 71.0 Å². The first kappa shape index (κ1) is 18.1. The van der Waals surface area contributed by atoms with Gasteiger partial charge in [-0.25, -0.2) is 9.97 Å². The Hall–Kier alpha value is -0.680. The minimum absolute atomic E-state index is 0.831. The van der Waals surface area contributed by atoms with Gasteiger partial charge in [-0.15, -0.1) is 0 Å². The lowest BCUT2D eigenvalue weighted by Crippen LogP contribution is -2.35. The summed E-state index contributed by atoms with van der Waals surface area (Å²) >= 11 is 3.39. The Labute approximate surface area is 155 Å². The molecule has 2 heterocycles. The van der Waals surface area contributed by atoms with Gasteiger partial charge in [-0.05, 0) is 73.0 Å². The average molecular weight is 395 g/mol. The molecule has 0 N–H and O–H groups in total. The van der Waals surface area contributed by atoms with Crippen LogP contribution in [0.3, 0.4) is 0 Å². The van der Waals surface area contributed by atoms with Crippen molar-refractivity contribution >= 4 is 21.9 Å². The first-order valence-corrected chi connectivity index (χ1v) is 10.4. The molecule has 0 atom stereocenters. The predicted molar refractivity (Wildman–Crippen MR) is 103 cm³/mol. The van der Waals surface area contributed by atoms with E-state index < -0.39 is 0 Å². The van der Waals surface area contributed by atoms with Gasteiger partial charge in [0.25, 0.3) is 0 Å². The summed E-state index contributed by atoms with van der Waals surface area (Å²) in [4.78, 5) is 13.7. The minimum Gasteiger partial charge on any atom is -0.344 e. The third kappa shape index (κ3) is 5.41. The summed E-state index contributed by atoms with van der Waals surface area (Å²) < 4.78 is 0.937. The molecule has 0 radical (unpaired) electrons. The number of aromatic nitrogens is 2. The van der Waals surface area contributed by atoms with Crippen molar-refractivity contribution in [2.75, 3.05) is 38.1 Å². The third-order valence-corrected chi connectivity index (χ3v) is 6.16. The van der Waals surface area contributed by atoms with Crippen LogP contribution in [0.4, 0.5) is 5.95 Å². The van der Waals surface area contributed by atoms with Crippen molar-refractivity contribution in [2.24, 2.45) is 11.8 Å². The standard InChI is InChI=1S/C19H31BrN4/c1-23(19-21-13-18(20)14-22-19)12-9-16-5-7-17(8-6-16)15-24-10-3-2-4-11-24/h13-14,16-17H,2-12,15H2,1H3/t16-,17-. The molecule has 0 amide bonds. The molecule has 5 heteroatoms. The normalized spacial score (nSPS) is 25.6. The van der Waals surface area contributed by atoms with E-state index in [1.807, 2.05) is 12.4 Å².